The number of sulfone groups is 1. The summed E-state index contributed by atoms with van der Waals surface area (Å²) in [7, 11) is -3.34. The Kier molecular flexibility index (Phi) is 4.38. The zero-order chi connectivity index (χ0) is 15.6. The summed E-state index contributed by atoms with van der Waals surface area (Å²) in [5, 5.41) is 11.7. The second-order valence-corrected chi connectivity index (χ2v) is 7.88. The Hall–Kier alpha value is -1.80. The summed E-state index contributed by atoms with van der Waals surface area (Å²) in [6.45, 7) is 3.98. The van der Waals surface area contributed by atoms with Crippen molar-refractivity contribution in [3.05, 3.63) is 34.8 Å². The maximum Gasteiger partial charge on any atom is 0.257 e. The number of nitrogens with one attached hydrogen (secondary N) is 1. The topological polar surface area (TPSA) is 89.0 Å². The SMILES string of the molecule is CC(C)c1nnc(NC(=O)c2cccc(S(C)(=O)=O)c2)s1. The zero-order valence-corrected chi connectivity index (χ0v) is 13.5. The van der Waals surface area contributed by atoms with Crippen molar-refractivity contribution in [2.75, 3.05) is 11.6 Å². The molecule has 0 atom stereocenters. The summed E-state index contributed by atoms with van der Waals surface area (Å²) >= 11 is 1.30. The zero-order valence-electron chi connectivity index (χ0n) is 11.8. The smallest absolute Gasteiger partial charge is 0.257 e. The van der Waals surface area contributed by atoms with Crippen LogP contribution >= 0.6 is 11.3 Å². The van der Waals surface area contributed by atoms with E-state index < -0.39 is 15.7 Å². The van der Waals surface area contributed by atoms with E-state index in [4.69, 9.17) is 0 Å². The minimum Gasteiger partial charge on any atom is -0.296 e. The number of nitrogens with zero attached hydrogens (tertiary/aromatic N) is 2. The molecular weight excluding hydrogens is 310 g/mol. The molecule has 0 fully saturated rings. The third kappa shape index (κ3) is 3.85. The van der Waals surface area contributed by atoms with Gasteiger partial charge in [0.2, 0.25) is 5.13 Å². The Morgan fingerprint density at radius 3 is 2.57 bits per heavy atom. The summed E-state index contributed by atoms with van der Waals surface area (Å²) in [5.41, 5.74) is 0.263. The van der Waals surface area contributed by atoms with Crippen molar-refractivity contribution in [2.45, 2.75) is 24.7 Å². The molecule has 1 aromatic heterocycles. The van der Waals surface area contributed by atoms with Gasteiger partial charge in [0, 0.05) is 17.7 Å². The number of aromatic nitrogens is 2. The van der Waals surface area contributed by atoms with Gasteiger partial charge < -0.3 is 0 Å². The number of anilines is 1. The van der Waals surface area contributed by atoms with Crippen LogP contribution in [-0.2, 0) is 9.84 Å². The van der Waals surface area contributed by atoms with E-state index in [1.165, 1.54) is 29.5 Å². The number of benzene rings is 1. The van der Waals surface area contributed by atoms with Crippen LogP contribution in [-0.4, -0.2) is 30.8 Å². The molecular formula is C13H15N3O3S2. The Labute approximate surface area is 127 Å². The fourth-order valence-electron chi connectivity index (χ4n) is 1.56. The minimum atomic E-state index is -3.34. The highest BCUT2D eigenvalue weighted by molar-refractivity contribution is 7.90. The van der Waals surface area contributed by atoms with E-state index in [1.807, 2.05) is 13.8 Å². The monoisotopic (exact) mass is 325 g/mol. The van der Waals surface area contributed by atoms with Gasteiger partial charge in [-0.3, -0.25) is 10.1 Å². The Morgan fingerprint density at radius 2 is 2.00 bits per heavy atom. The molecule has 8 heteroatoms. The lowest BCUT2D eigenvalue weighted by atomic mass is 10.2. The highest BCUT2D eigenvalue weighted by atomic mass is 32.2. The molecule has 1 heterocycles. The molecule has 1 aromatic carbocycles. The fraction of sp³-hybridized carbons (Fsp3) is 0.308. The second-order valence-electron chi connectivity index (χ2n) is 4.85. The van der Waals surface area contributed by atoms with Crippen molar-refractivity contribution < 1.29 is 13.2 Å². The molecule has 0 unspecified atom stereocenters. The van der Waals surface area contributed by atoms with Crippen molar-refractivity contribution in [1.29, 1.82) is 0 Å². The molecule has 0 aliphatic heterocycles. The van der Waals surface area contributed by atoms with E-state index in [1.54, 1.807) is 6.07 Å². The number of rotatable bonds is 4. The number of carbonyl (C=O) groups is 1. The number of hydrogen-bond donors (Lipinski definition) is 1. The van der Waals surface area contributed by atoms with Crippen LogP contribution in [0.5, 0.6) is 0 Å². The van der Waals surface area contributed by atoms with Crippen LogP contribution in [0.3, 0.4) is 0 Å². The van der Waals surface area contributed by atoms with Crippen molar-refractivity contribution >= 4 is 32.2 Å². The van der Waals surface area contributed by atoms with Crippen molar-refractivity contribution in [3.8, 4) is 0 Å². The molecule has 6 nitrogen and oxygen atoms in total. The molecule has 21 heavy (non-hydrogen) atoms. The molecule has 1 N–H and O–H groups in total. The molecule has 1 amide bonds. The Balaban J connectivity index is 2.20. The van der Waals surface area contributed by atoms with E-state index in [0.717, 1.165) is 11.3 Å². The maximum atomic E-state index is 12.1. The molecule has 112 valence electrons. The molecule has 0 spiro atoms. The molecule has 2 rings (SSSR count). The highest BCUT2D eigenvalue weighted by Crippen LogP contribution is 2.23. The van der Waals surface area contributed by atoms with Crippen molar-refractivity contribution in [1.82, 2.24) is 10.2 Å². The first-order valence-electron chi connectivity index (χ1n) is 6.22. The number of carbonyl (C=O) groups excluding carboxylic acids is 1. The van der Waals surface area contributed by atoms with Crippen LogP contribution in [0, 0.1) is 0 Å². The van der Waals surface area contributed by atoms with E-state index in [2.05, 4.69) is 15.5 Å². The predicted octanol–water partition coefficient (Wildman–Crippen LogP) is 2.32. The van der Waals surface area contributed by atoms with Crippen LogP contribution in [0.4, 0.5) is 5.13 Å². The van der Waals surface area contributed by atoms with Crippen LogP contribution in [0.2, 0.25) is 0 Å². The molecule has 0 saturated heterocycles. The van der Waals surface area contributed by atoms with Gasteiger partial charge in [-0.25, -0.2) is 8.42 Å². The normalized spacial score (nSPS) is 11.6. The first kappa shape index (κ1) is 15.6. The van der Waals surface area contributed by atoms with Gasteiger partial charge in [0.05, 0.1) is 4.90 Å². The molecule has 0 bridgehead atoms. The quantitative estimate of drug-likeness (QED) is 0.932. The molecule has 2 aromatic rings. The van der Waals surface area contributed by atoms with E-state index in [9.17, 15) is 13.2 Å². The van der Waals surface area contributed by atoms with Gasteiger partial charge in [-0.1, -0.05) is 31.3 Å². The maximum absolute atomic E-state index is 12.1. The Morgan fingerprint density at radius 1 is 1.29 bits per heavy atom. The largest absolute Gasteiger partial charge is 0.296 e. The van der Waals surface area contributed by atoms with Crippen LogP contribution < -0.4 is 5.32 Å². The van der Waals surface area contributed by atoms with E-state index in [0.29, 0.717) is 5.13 Å². The number of amides is 1. The van der Waals surface area contributed by atoms with Crippen molar-refractivity contribution in [3.63, 3.8) is 0 Å². The van der Waals surface area contributed by atoms with Gasteiger partial charge >= 0.3 is 0 Å². The summed E-state index contributed by atoms with van der Waals surface area (Å²) in [6.07, 6.45) is 1.10. The average Bonchev–Trinajstić information content (AvgIpc) is 2.86. The predicted molar refractivity (Wildman–Crippen MR) is 81.5 cm³/mol. The Bertz CT molecular complexity index is 766. The average molecular weight is 325 g/mol. The fourth-order valence-corrected chi connectivity index (χ4v) is 2.96. The van der Waals surface area contributed by atoms with Crippen LogP contribution in [0.1, 0.15) is 35.1 Å². The van der Waals surface area contributed by atoms with Gasteiger partial charge in [0.15, 0.2) is 9.84 Å². The van der Waals surface area contributed by atoms with Crippen molar-refractivity contribution in [2.24, 2.45) is 0 Å². The van der Waals surface area contributed by atoms with Gasteiger partial charge in [-0.15, -0.1) is 10.2 Å². The third-order valence-electron chi connectivity index (χ3n) is 2.68. The minimum absolute atomic E-state index is 0.107. The summed E-state index contributed by atoms with van der Waals surface area (Å²) in [5.74, 6) is -0.173. The standard InChI is InChI=1S/C13H15N3O3S2/c1-8(2)12-15-16-13(20-12)14-11(17)9-5-4-6-10(7-9)21(3,18)19/h4-8H,1-3H3,(H,14,16,17). The molecule has 0 aliphatic rings. The summed E-state index contributed by atoms with van der Waals surface area (Å²) in [4.78, 5) is 12.2. The molecule has 0 radical (unpaired) electrons. The highest BCUT2D eigenvalue weighted by Gasteiger charge is 2.14. The van der Waals surface area contributed by atoms with Gasteiger partial charge in [-0.2, -0.15) is 0 Å². The van der Waals surface area contributed by atoms with E-state index >= 15 is 0 Å². The van der Waals surface area contributed by atoms with Gasteiger partial charge in [0.25, 0.3) is 5.91 Å². The van der Waals surface area contributed by atoms with Crippen LogP contribution in [0.25, 0.3) is 0 Å². The van der Waals surface area contributed by atoms with E-state index in [-0.39, 0.29) is 16.4 Å². The lowest BCUT2D eigenvalue weighted by molar-refractivity contribution is 0.102. The lowest BCUT2D eigenvalue weighted by Gasteiger charge is -2.03. The molecule has 0 aliphatic carbocycles. The first-order chi connectivity index (χ1) is 9.77. The first-order valence-corrected chi connectivity index (χ1v) is 8.93. The second kappa shape index (κ2) is 5.90. The van der Waals surface area contributed by atoms with Gasteiger partial charge in [-0.05, 0) is 18.2 Å². The van der Waals surface area contributed by atoms with Crippen LogP contribution in [0.15, 0.2) is 29.2 Å². The third-order valence-corrected chi connectivity index (χ3v) is 4.93. The number of hydrogen-bond acceptors (Lipinski definition) is 6. The van der Waals surface area contributed by atoms with Gasteiger partial charge in [0.1, 0.15) is 5.01 Å². The summed E-state index contributed by atoms with van der Waals surface area (Å²) in [6, 6.07) is 5.88. The lowest BCUT2D eigenvalue weighted by Crippen LogP contribution is -2.12. The summed E-state index contributed by atoms with van der Waals surface area (Å²) < 4.78 is 23.0. The molecule has 0 saturated carbocycles.